The van der Waals surface area contributed by atoms with Crippen LogP contribution in [0.3, 0.4) is 0 Å². The van der Waals surface area contributed by atoms with E-state index in [1.807, 2.05) is 13.8 Å². The van der Waals surface area contributed by atoms with E-state index in [0.717, 1.165) is 0 Å². The molecule has 9 heteroatoms. The van der Waals surface area contributed by atoms with Gasteiger partial charge >= 0.3 is 5.22 Å². The second-order valence-electron chi connectivity index (χ2n) is 6.59. The van der Waals surface area contributed by atoms with E-state index in [9.17, 15) is 13.2 Å². The van der Waals surface area contributed by atoms with Crippen molar-refractivity contribution in [1.82, 2.24) is 20.5 Å². The molecular weight excluding hydrogens is 380 g/mol. The van der Waals surface area contributed by atoms with Crippen LogP contribution < -0.4 is 5.32 Å². The lowest BCUT2D eigenvalue weighted by Crippen LogP contribution is -2.32. The van der Waals surface area contributed by atoms with Gasteiger partial charge in [-0.1, -0.05) is 49.3 Å². The van der Waals surface area contributed by atoms with Crippen LogP contribution in [0.25, 0.3) is 0 Å². The molecule has 0 saturated heterocycles. The van der Waals surface area contributed by atoms with Crippen molar-refractivity contribution in [3.05, 3.63) is 71.9 Å². The maximum atomic E-state index is 12.6. The highest BCUT2D eigenvalue weighted by atomic mass is 32.2. The predicted molar refractivity (Wildman–Crippen MR) is 101 cm³/mol. The molecule has 0 unspecified atom stereocenters. The van der Waals surface area contributed by atoms with Crippen LogP contribution in [0.15, 0.2) is 64.5 Å². The van der Waals surface area contributed by atoms with Gasteiger partial charge in [0.2, 0.25) is 15.7 Å². The number of sulfone groups is 1. The minimum absolute atomic E-state index is 0.0406. The summed E-state index contributed by atoms with van der Waals surface area (Å²) in [6, 6.07) is 11.4. The maximum absolute atomic E-state index is 12.6. The summed E-state index contributed by atoms with van der Waals surface area (Å²) in [5.74, 6) is -0.674. The molecule has 0 bridgehead atoms. The van der Waals surface area contributed by atoms with Crippen LogP contribution in [0.4, 0.5) is 0 Å². The second-order valence-corrected chi connectivity index (χ2v) is 8.46. The van der Waals surface area contributed by atoms with Crippen LogP contribution in [-0.4, -0.2) is 29.5 Å². The van der Waals surface area contributed by atoms with E-state index in [2.05, 4.69) is 20.5 Å². The summed E-state index contributed by atoms with van der Waals surface area (Å²) >= 11 is 0. The van der Waals surface area contributed by atoms with Gasteiger partial charge in [-0.25, -0.2) is 8.42 Å². The number of aromatic nitrogens is 3. The molecule has 1 N–H and O–H groups in total. The van der Waals surface area contributed by atoms with Crippen LogP contribution in [0.5, 0.6) is 0 Å². The van der Waals surface area contributed by atoms with E-state index < -0.39 is 21.1 Å². The molecule has 28 heavy (non-hydrogen) atoms. The molecule has 0 aliphatic rings. The molecule has 0 saturated carbocycles. The first-order valence-corrected chi connectivity index (χ1v) is 10.3. The summed E-state index contributed by atoms with van der Waals surface area (Å²) < 4.78 is 30.6. The van der Waals surface area contributed by atoms with Crippen molar-refractivity contribution in [3.63, 3.8) is 0 Å². The number of hydrogen-bond donors (Lipinski definition) is 1. The summed E-state index contributed by atoms with van der Waals surface area (Å²) in [7, 11) is -3.80. The van der Waals surface area contributed by atoms with Crippen LogP contribution in [0, 0.1) is 5.92 Å². The van der Waals surface area contributed by atoms with Crippen LogP contribution in [-0.2, 0) is 15.6 Å². The third-order valence-electron chi connectivity index (χ3n) is 4.03. The molecule has 1 atom stereocenters. The first kappa shape index (κ1) is 19.7. The van der Waals surface area contributed by atoms with Crippen LogP contribution >= 0.6 is 0 Å². The zero-order valence-corrected chi connectivity index (χ0v) is 16.3. The minimum Gasteiger partial charge on any atom is -0.410 e. The fraction of sp³-hybridized carbons (Fsp3) is 0.263. The van der Waals surface area contributed by atoms with Gasteiger partial charge in [0.15, 0.2) is 0 Å². The second kappa shape index (κ2) is 8.30. The molecule has 1 amide bonds. The zero-order chi connectivity index (χ0) is 20.1. The van der Waals surface area contributed by atoms with Gasteiger partial charge in [0, 0.05) is 12.4 Å². The van der Waals surface area contributed by atoms with E-state index in [4.69, 9.17) is 4.42 Å². The minimum atomic E-state index is -3.80. The molecule has 2 aromatic heterocycles. The highest BCUT2D eigenvalue weighted by molar-refractivity contribution is 7.90. The molecule has 2 heterocycles. The number of hydrogen-bond acceptors (Lipinski definition) is 7. The number of nitrogens with zero attached hydrogens (tertiary/aromatic N) is 3. The van der Waals surface area contributed by atoms with Crippen molar-refractivity contribution in [2.45, 2.75) is 30.9 Å². The maximum Gasteiger partial charge on any atom is 0.335 e. The van der Waals surface area contributed by atoms with Crippen molar-refractivity contribution < 1.29 is 17.6 Å². The summed E-state index contributed by atoms with van der Waals surface area (Å²) in [4.78, 5) is 16.3. The van der Waals surface area contributed by atoms with Gasteiger partial charge in [-0.3, -0.25) is 9.78 Å². The van der Waals surface area contributed by atoms with Crippen LogP contribution in [0.1, 0.15) is 41.7 Å². The fourth-order valence-electron chi connectivity index (χ4n) is 2.56. The van der Waals surface area contributed by atoms with Gasteiger partial charge in [0.1, 0.15) is 6.04 Å². The standard InChI is InChI=1S/C19H20N4O4S/c1-13(2)16(21-17(24)15-9-6-10-20-11-15)18-22-23-19(27-18)28(25,26)12-14-7-4-3-5-8-14/h3-11,13,16H,12H2,1-2H3,(H,21,24)/t16-/m0/s1. The molecule has 146 valence electrons. The molecule has 0 aliphatic heterocycles. The highest BCUT2D eigenvalue weighted by Crippen LogP contribution is 2.24. The molecule has 3 rings (SSSR count). The molecule has 8 nitrogen and oxygen atoms in total. The quantitative estimate of drug-likeness (QED) is 0.648. The largest absolute Gasteiger partial charge is 0.410 e. The number of rotatable bonds is 7. The lowest BCUT2D eigenvalue weighted by molar-refractivity contribution is 0.0914. The SMILES string of the molecule is CC(C)[C@H](NC(=O)c1cccnc1)c1nnc(S(=O)(=O)Cc2ccccc2)o1. The van der Waals surface area contributed by atoms with Crippen molar-refractivity contribution in [1.29, 1.82) is 0 Å². The van der Waals surface area contributed by atoms with E-state index in [1.165, 1.54) is 6.20 Å². The first-order chi connectivity index (χ1) is 13.4. The molecule has 1 aromatic carbocycles. The predicted octanol–water partition coefficient (Wildman–Crippen LogP) is 2.57. The fourth-order valence-corrected chi connectivity index (χ4v) is 3.69. The molecule has 0 aliphatic carbocycles. The Morgan fingerprint density at radius 2 is 1.86 bits per heavy atom. The zero-order valence-electron chi connectivity index (χ0n) is 15.4. The molecule has 0 radical (unpaired) electrons. The van der Waals surface area contributed by atoms with E-state index in [-0.39, 0.29) is 23.5 Å². The van der Waals surface area contributed by atoms with Gasteiger partial charge in [0.25, 0.3) is 5.91 Å². The summed E-state index contributed by atoms with van der Waals surface area (Å²) in [6.45, 7) is 3.72. The van der Waals surface area contributed by atoms with Crippen molar-refractivity contribution in [2.75, 3.05) is 0 Å². The topological polar surface area (TPSA) is 115 Å². The molecule has 0 spiro atoms. The van der Waals surface area contributed by atoms with Crippen molar-refractivity contribution in [3.8, 4) is 0 Å². The van der Waals surface area contributed by atoms with Gasteiger partial charge in [-0.05, 0) is 23.6 Å². The Labute approximate surface area is 162 Å². The normalized spacial score (nSPS) is 12.7. The number of pyridine rings is 1. The summed E-state index contributed by atoms with van der Waals surface area (Å²) in [5.41, 5.74) is 0.997. The van der Waals surface area contributed by atoms with E-state index in [0.29, 0.717) is 11.1 Å². The lowest BCUT2D eigenvalue weighted by Gasteiger charge is -2.18. The van der Waals surface area contributed by atoms with E-state index in [1.54, 1.807) is 48.7 Å². The van der Waals surface area contributed by atoms with Gasteiger partial charge in [0.05, 0.1) is 11.3 Å². The number of nitrogens with one attached hydrogen (secondary N) is 1. The Morgan fingerprint density at radius 3 is 2.50 bits per heavy atom. The number of carbonyl (C=O) groups is 1. The highest BCUT2D eigenvalue weighted by Gasteiger charge is 2.29. The van der Waals surface area contributed by atoms with Gasteiger partial charge in [-0.15, -0.1) is 5.10 Å². The average molecular weight is 400 g/mol. The van der Waals surface area contributed by atoms with E-state index >= 15 is 0 Å². The molecule has 0 fully saturated rings. The third-order valence-corrected chi connectivity index (χ3v) is 5.44. The Bertz CT molecular complexity index is 1030. The lowest BCUT2D eigenvalue weighted by atomic mass is 10.0. The smallest absolute Gasteiger partial charge is 0.335 e. The first-order valence-electron chi connectivity index (χ1n) is 8.68. The Morgan fingerprint density at radius 1 is 1.11 bits per heavy atom. The third kappa shape index (κ3) is 4.61. The Hall–Kier alpha value is -3.07. The van der Waals surface area contributed by atoms with Crippen molar-refractivity contribution >= 4 is 15.7 Å². The Balaban J connectivity index is 1.80. The molecular formula is C19H20N4O4S. The number of benzene rings is 1. The number of amides is 1. The van der Waals surface area contributed by atoms with Gasteiger partial charge in [-0.2, -0.15) is 0 Å². The monoisotopic (exact) mass is 400 g/mol. The van der Waals surface area contributed by atoms with Crippen LogP contribution in [0.2, 0.25) is 0 Å². The molecule has 3 aromatic rings. The number of carbonyl (C=O) groups excluding carboxylic acids is 1. The van der Waals surface area contributed by atoms with Crippen molar-refractivity contribution in [2.24, 2.45) is 5.92 Å². The summed E-state index contributed by atoms with van der Waals surface area (Å²) in [5, 5.41) is 9.89. The summed E-state index contributed by atoms with van der Waals surface area (Å²) in [6.07, 6.45) is 3.01. The Kier molecular flexibility index (Phi) is 5.84. The van der Waals surface area contributed by atoms with Gasteiger partial charge < -0.3 is 9.73 Å². The average Bonchev–Trinajstić information content (AvgIpc) is 3.17.